The Balaban J connectivity index is 0.000000158. The summed E-state index contributed by atoms with van der Waals surface area (Å²) in [5.41, 5.74) is 5.93. The molecule has 0 aliphatic heterocycles. The highest BCUT2D eigenvalue weighted by Crippen LogP contribution is 2.24. The number of alkyl halides is 1. The van der Waals surface area contributed by atoms with Gasteiger partial charge in [-0.2, -0.15) is 0 Å². The van der Waals surface area contributed by atoms with Crippen LogP contribution in [0.2, 0.25) is 0 Å². The first kappa shape index (κ1) is 25.5. The molecule has 3 aromatic heterocycles. The van der Waals surface area contributed by atoms with Gasteiger partial charge in [0.1, 0.15) is 23.3 Å². The molecule has 0 saturated carbocycles. The van der Waals surface area contributed by atoms with Crippen LogP contribution in [0.15, 0.2) is 65.7 Å². The molecule has 34 heavy (non-hydrogen) atoms. The second kappa shape index (κ2) is 11.9. The van der Waals surface area contributed by atoms with E-state index < -0.39 is 29.1 Å². The summed E-state index contributed by atoms with van der Waals surface area (Å²) in [6.45, 7) is 0. The average molecular weight is 571 g/mol. The molecule has 0 radical (unpaired) electrons. The lowest BCUT2D eigenvalue weighted by Gasteiger charge is -1.98. The Morgan fingerprint density at radius 3 is 2.24 bits per heavy atom. The number of aromatic nitrogens is 3. The average Bonchev–Trinajstić information content (AvgIpc) is 3.52. The Morgan fingerprint density at radius 1 is 1.00 bits per heavy atom. The monoisotopic (exact) mass is 570 g/mol. The number of Topliss-reactive ketones (excluding diaryl/α,β-unsaturated/α-hetero) is 1. The molecule has 0 unspecified atom stereocenters. The number of carbonyl (C=O) groups is 1. The van der Waals surface area contributed by atoms with Crippen molar-refractivity contribution in [1.82, 2.24) is 14.4 Å². The predicted molar refractivity (Wildman–Crippen MR) is 129 cm³/mol. The normalized spacial score (nSPS) is 10.3. The third-order valence-electron chi connectivity index (χ3n) is 4.10. The number of anilines is 1. The van der Waals surface area contributed by atoms with Crippen LogP contribution >= 0.6 is 38.6 Å². The molecule has 0 spiro atoms. The summed E-state index contributed by atoms with van der Waals surface area (Å²) in [7, 11) is 0. The largest absolute Gasteiger partial charge is 0.375 e. The Kier molecular flexibility index (Phi) is 8.91. The van der Waals surface area contributed by atoms with Gasteiger partial charge >= 0.3 is 0 Å². The second-order valence-corrected chi connectivity index (χ2v) is 8.75. The number of hydrogen-bond acceptors (Lipinski definition) is 6. The highest BCUT2D eigenvalue weighted by atomic mass is 79.9. The number of nitrogens with two attached hydrogens (primary N) is 1. The summed E-state index contributed by atoms with van der Waals surface area (Å²) in [5.74, 6) is -3.07. The van der Waals surface area contributed by atoms with Gasteiger partial charge in [0, 0.05) is 47.0 Å². The summed E-state index contributed by atoms with van der Waals surface area (Å²) < 4.78 is 53.2. The molecule has 2 aromatic carbocycles. The number of nitrogens with zero attached hydrogens (tertiary/aromatic N) is 3. The number of ketones is 1. The number of benzene rings is 2. The number of hydrogen-bond donors (Lipinski definition) is 1. The highest BCUT2D eigenvalue weighted by molar-refractivity contribution is 9.09. The minimum absolute atomic E-state index is 0.0373. The van der Waals surface area contributed by atoms with Crippen molar-refractivity contribution in [3.05, 3.63) is 94.6 Å². The smallest absolute Gasteiger partial charge is 0.194 e. The van der Waals surface area contributed by atoms with Crippen LogP contribution in [0.1, 0.15) is 10.4 Å². The fraction of sp³-hybridized carbons (Fsp3) is 0.0455. The first-order valence-corrected chi connectivity index (χ1v) is 12.2. The Hall–Kier alpha value is -3.09. The van der Waals surface area contributed by atoms with Crippen molar-refractivity contribution >= 4 is 54.5 Å². The maximum absolute atomic E-state index is 13.5. The molecule has 176 valence electrons. The Morgan fingerprint density at radius 2 is 1.71 bits per heavy atom. The van der Waals surface area contributed by atoms with Crippen LogP contribution in [0, 0.1) is 23.3 Å². The van der Waals surface area contributed by atoms with Gasteiger partial charge in [0.25, 0.3) is 0 Å². The van der Waals surface area contributed by atoms with Crippen LogP contribution in [0.3, 0.4) is 0 Å². The van der Waals surface area contributed by atoms with Crippen molar-refractivity contribution in [1.29, 1.82) is 0 Å². The van der Waals surface area contributed by atoms with Gasteiger partial charge in [0.05, 0.1) is 16.6 Å². The van der Waals surface area contributed by atoms with E-state index in [0.717, 1.165) is 23.2 Å². The number of halogens is 5. The van der Waals surface area contributed by atoms with Crippen LogP contribution in [-0.2, 0) is 0 Å². The van der Waals surface area contributed by atoms with E-state index in [0.29, 0.717) is 22.5 Å². The van der Waals surface area contributed by atoms with Gasteiger partial charge < -0.3 is 5.73 Å². The molecule has 0 saturated heterocycles. The first-order valence-electron chi connectivity index (χ1n) is 9.35. The van der Waals surface area contributed by atoms with Crippen molar-refractivity contribution < 1.29 is 22.4 Å². The third kappa shape index (κ3) is 6.72. The summed E-state index contributed by atoms with van der Waals surface area (Å²) in [6.07, 6.45) is 5.25. The molecular formula is C22H15BrF4N4OS2. The summed E-state index contributed by atoms with van der Waals surface area (Å²) >= 11 is 5.81. The molecule has 0 atom stereocenters. The molecule has 3 heterocycles. The number of rotatable bonds is 3. The molecule has 0 amide bonds. The number of carbonyl (C=O) groups excluding carboxylic acids is 1. The standard InChI is InChI=1S/C11H6F2N2S.C8H5BrF2O.C3H4N2S/c12-7-1-2-8(9(13)5-7)10-6-15-3-4-16-11(15)14-10;9-4-8(12)6-2-1-5(10)3-7(6)11;4-3-5-1-2-6-3/h1-6H;1-3H,4H2;1-2H,(H2,4,5). The van der Waals surface area contributed by atoms with Crippen molar-refractivity contribution in [3.8, 4) is 11.3 Å². The topological polar surface area (TPSA) is 73.3 Å². The number of thiazole rings is 2. The lowest BCUT2D eigenvalue weighted by atomic mass is 10.1. The van der Waals surface area contributed by atoms with Gasteiger partial charge in [-0.1, -0.05) is 15.9 Å². The van der Waals surface area contributed by atoms with Crippen molar-refractivity contribution in [2.45, 2.75) is 0 Å². The van der Waals surface area contributed by atoms with Gasteiger partial charge in [0.15, 0.2) is 15.9 Å². The van der Waals surface area contributed by atoms with E-state index in [4.69, 9.17) is 5.73 Å². The van der Waals surface area contributed by atoms with Gasteiger partial charge in [0.2, 0.25) is 0 Å². The van der Waals surface area contributed by atoms with Crippen LogP contribution in [0.4, 0.5) is 22.7 Å². The zero-order chi connectivity index (χ0) is 24.7. The Labute approximate surface area is 207 Å². The predicted octanol–water partition coefficient (Wildman–Crippen LogP) is 6.61. The minimum Gasteiger partial charge on any atom is -0.375 e. The van der Waals surface area contributed by atoms with Gasteiger partial charge in [-0.15, -0.1) is 22.7 Å². The number of fused-ring (bicyclic) bond motifs is 1. The number of nitrogen functional groups attached to an aromatic ring is 1. The molecule has 5 rings (SSSR count). The summed E-state index contributed by atoms with van der Waals surface area (Å²) in [6, 6.07) is 6.37. The Bertz CT molecular complexity index is 1360. The molecular weight excluding hydrogens is 556 g/mol. The second-order valence-electron chi connectivity index (χ2n) is 6.39. The SMILES string of the molecule is Fc1ccc(-c2cn3ccsc3n2)c(F)c1.Nc1nccs1.O=C(CBr)c1ccc(F)cc1F. The van der Waals surface area contributed by atoms with Crippen molar-refractivity contribution in [3.63, 3.8) is 0 Å². The van der Waals surface area contributed by atoms with E-state index in [1.165, 1.54) is 34.8 Å². The van der Waals surface area contributed by atoms with E-state index >= 15 is 0 Å². The first-order chi connectivity index (χ1) is 16.3. The molecule has 0 aliphatic carbocycles. The highest BCUT2D eigenvalue weighted by Gasteiger charge is 2.11. The van der Waals surface area contributed by atoms with Crippen molar-refractivity contribution in [2.24, 2.45) is 0 Å². The number of imidazole rings is 1. The summed E-state index contributed by atoms with van der Waals surface area (Å²) in [5, 5.41) is 4.41. The molecule has 0 aliphatic rings. The fourth-order valence-electron chi connectivity index (χ4n) is 2.58. The van der Waals surface area contributed by atoms with Gasteiger partial charge in [-0.25, -0.2) is 27.5 Å². The zero-order valence-electron chi connectivity index (χ0n) is 17.1. The zero-order valence-corrected chi connectivity index (χ0v) is 20.3. The molecule has 5 nitrogen and oxygen atoms in total. The van der Waals surface area contributed by atoms with Crippen LogP contribution in [-0.4, -0.2) is 25.5 Å². The van der Waals surface area contributed by atoms with Crippen LogP contribution in [0.5, 0.6) is 0 Å². The van der Waals surface area contributed by atoms with E-state index in [-0.39, 0.29) is 10.9 Å². The maximum atomic E-state index is 13.5. The lowest BCUT2D eigenvalue weighted by molar-refractivity contribution is 0.102. The molecule has 0 fully saturated rings. The molecule has 5 aromatic rings. The quantitative estimate of drug-likeness (QED) is 0.150. The molecule has 0 bridgehead atoms. The maximum Gasteiger partial charge on any atom is 0.194 e. The van der Waals surface area contributed by atoms with Crippen molar-refractivity contribution in [2.75, 3.05) is 11.1 Å². The summed E-state index contributed by atoms with van der Waals surface area (Å²) in [4.78, 5) is 19.7. The van der Waals surface area contributed by atoms with E-state index in [9.17, 15) is 22.4 Å². The lowest BCUT2D eigenvalue weighted by Crippen LogP contribution is -2.03. The molecule has 2 N–H and O–H groups in total. The van der Waals surface area contributed by atoms with Gasteiger partial charge in [-0.3, -0.25) is 9.20 Å². The van der Waals surface area contributed by atoms with Crippen LogP contribution < -0.4 is 5.73 Å². The fourth-order valence-corrected chi connectivity index (χ4v) is 3.96. The van der Waals surface area contributed by atoms with E-state index in [1.54, 1.807) is 12.4 Å². The minimum atomic E-state index is -0.820. The van der Waals surface area contributed by atoms with E-state index in [2.05, 4.69) is 25.9 Å². The van der Waals surface area contributed by atoms with E-state index in [1.807, 2.05) is 21.4 Å². The van der Waals surface area contributed by atoms with Gasteiger partial charge in [-0.05, 0) is 24.3 Å². The van der Waals surface area contributed by atoms with Crippen LogP contribution in [0.25, 0.3) is 16.2 Å². The molecule has 12 heteroatoms. The third-order valence-corrected chi connectivity index (χ3v) is 5.99.